The quantitative estimate of drug-likeness (QED) is 0.756. The molecule has 122 valence electrons. The van der Waals surface area contributed by atoms with Gasteiger partial charge in [-0.1, -0.05) is 42.7 Å². The first kappa shape index (κ1) is 16.4. The van der Waals surface area contributed by atoms with Gasteiger partial charge in [0.1, 0.15) is 6.54 Å². The highest BCUT2D eigenvalue weighted by molar-refractivity contribution is 7.73. The molecule has 0 radical (unpaired) electrons. The lowest BCUT2D eigenvalue weighted by atomic mass is 10.1. The standard InChI is InChI=1S/C18H22N2OS2/c1-14-6-8-15(9-7-14)16-13-23-18(22)20(16)12-17(21)19-10-4-2-3-5-11-19/h6-9,13H,2-5,10-12H2,1H3. The minimum atomic E-state index is 0.190. The van der Waals surface area contributed by atoms with E-state index in [0.29, 0.717) is 6.54 Å². The summed E-state index contributed by atoms with van der Waals surface area (Å²) in [5, 5.41) is 2.06. The van der Waals surface area contributed by atoms with E-state index in [-0.39, 0.29) is 5.91 Å². The second-order valence-electron chi connectivity index (χ2n) is 6.13. The van der Waals surface area contributed by atoms with Crippen LogP contribution in [-0.2, 0) is 11.3 Å². The van der Waals surface area contributed by atoms with Gasteiger partial charge in [0.25, 0.3) is 0 Å². The van der Waals surface area contributed by atoms with Gasteiger partial charge in [0.15, 0.2) is 3.95 Å². The molecule has 1 aliphatic heterocycles. The number of rotatable bonds is 3. The first-order valence-corrected chi connectivity index (χ1v) is 9.47. The first-order chi connectivity index (χ1) is 11.1. The summed E-state index contributed by atoms with van der Waals surface area (Å²) in [5.41, 5.74) is 3.39. The van der Waals surface area contributed by atoms with Gasteiger partial charge in [-0.05, 0) is 37.5 Å². The molecule has 23 heavy (non-hydrogen) atoms. The van der Waals surface area contributed by atoms with E-state index in [2.05, 4.69) is 36.6 Å². The highest BCUT2D eigenvalue weighted by Crippen LogP contribution is 2.25. The number of benzene rings is 1. The van der Waals surface area contributed by atoms with Crippen molar-refractivity contribution in [3.63, 3.8) is 0 Å². The molecule has 1 fully saturated rings. The van der Waals surface area contributed by atoms with E-state index >= 15 is 0 Å². The Hall–Kier alpha value is -1.46. The highest BCUT2D eigenvalue weighted by Gasteiger charge is 2.18. The number of hydrogen-bond donors (Lipinski definition) is 0. The average molecular weight is 347 g/mol. The fourth-order valence-corrected chi connectivity index (χ4v) is 4.06. The first-order valence-electron chi connectivity index (χ1n) is 8.18. The Balaban J connectivity index is 1.82. The molecule has 0 saturated carbocycles. The van der Waals surface area contributed by atoms with Crippen LogP contribution in [0.3, 0.4) is 0 Å². The fraction of sp³-hybridized carbons (Fsp3) is 0.444. The molecule has 0 unspecified atom stereocenters. The number of thiazole rings is 1. The summed E-state index contributed by atoms with van der Waals surface area (Å²) < 4.78 is 2.75. The predicted molar refractivity (Wildman–Crippen MR) is 98.4 cm³/mol. The Morgan fingerprint density at radius 3 is 2.43 bits per heavy atom. The zero-order chi connectivity index (χ0) is 16.2. The largest absolute Gasteiger partial charge is 0.341 e. The number of amides is 1. The zero-order valence-corrected chi connectivity index (χ0v) is 15.1. The van der Waals surface area contributed by atoms with Crippen LogP contribution in [-0.4, -0.2) is 28.5 Å². The van der Waals surface area contributed by atoms with Crippen LogP contribution in [0.4, 0.5) is 0 Å². The molecule has 1 saturated heterocycles. The minimum absolute atomic E-state index is 0.190. The Labute approximate surface area is 146 Å². The van der Waals surface area contributed by atoms with E-state index in [9.17, 15) is 4.79 Å². The van der Waals surface area contributed by atoms with Gasteiger partial charge in [0.05, 0.1) is 5.69 Å². The summed E-state index contributed by atoms with van der Waals surface area (Å²) in [4.78, 5) is 14.7. The summed E-state index contributed by atoms with van der Waals surface area (Å²) in [5.74, 6) is 0.190. The van der Waals surface area contributed by atoms with Crippen LogP contribution in [0.5, 0.6) is 0 Å². The van der Waals surface area contributed by atoms with Gasteiger partial charge in [-0.2, -0.15) is 0 Å². The molecule has 1 amide bonds. The Morgan fingerprint density at radius 1 is 1.13 bits per heavy atom. The summed E-state index contributed by atoms with van der Waals surface area (Å²) in [6.45, 7) is 4.20. The van der Waals surface area contributed by atoms with Crippen molar-refractivity contribution in [1.29, 1.82) is 0 Å². The highest BCUT2D eigenvalue weighted by atomic mass is 32.1. The van der Waals surface area contributed by atoms with Gasteiger partial charge in [-0.15, -0.1) is 11.3 Å². The summed E-state index contributed by atoms with van der Waals surface area (Å²) >= 11 is 6.99. The molecule has 0 spiro atoms. The maximum absolute atomic E-state index is 12.7. The summed E-state index contributed by atoms with van der Waals surface area (Å²) in [7, 11) is 0. The molecule has 3 nitrogen and oxygen atoms in total. The van der Waals surface area contributed by atoms with Crippen LogP contribution in [0.25, 0.3) is 11.3 Å². The maximum Gasteiger partial charge on any atom is 0.242 e. The van der Waals surface area contributed by atoms with Crippen LogP contribution >= 0.6 is 23.6 Å². The molecule has 2 heterocycles. The second kappa shape index (κ2) is 7.41. The molecule has 1 aliphatic rings. The van der Waals surface area contributed by atoms with Crippen LogP contribution in [0, 0.1) is 10.9 Å². The molecular weight excluding hydrogens is 324 g/mol. The molecule has 1 aromatic heterocycles. The summed E-state index contributed by atoms with van der Waals surface area (Å²) in [6, 6.07) is 8.38. The Bertz CT molecular complexity index is 722. The molecule has 3 rings (SSSR count). The van der Waals surface area contributed by atoms with Crippen LogP contribution in [0.2, 0.25) is 0 Å². The fourth-order valence-electron chi connectivity index (χ4n) is 2.99. The topological polar surface area (TPSA) is 25.2 Å². The van der Waals surface area contributed by atoms with Crippen molar-refractivity contribution in [3.05, 3.63) is 39.2 Å². The Kier molecular flexibility index (Phi) is 5.28. The number of aromatic nitrogens is 1. The van der Waals surface area contributed by atoms with Crippen LogP contribution in [0.15, 0.2) is 29.6 Å². The minimum Gasteiger partial charge on any atom is -0.341 e. The van der Waals surface area contributed by atoms with E-state index in [1.807, 2.05) is 9.47 Å². The Morgan fingerprint density at radius 2 is 1.78 bits per heavy atom. The van der Waals surface area contributed by atoms with Crippen molar-refractivity contribution < 1.29 is 4.79 Å². The molecule has 2 aromatic rings. The van der Waals surface area contributed by atoms with Crippen molar-refractivity contribution in [1.82, 2.24) is 9.47 Å². The molecule has 0 N–H and O–H groups in total. The van der Waals surface area contributed by atoms with E-state index in [0.717, 1.165) is 41.1 Å². The predicted octanol–water partition coefficient (Wildman–Crippen LogP) is 4.66. The lowest BCUT2D eigenvalue weighted by Gasteiger charge is -2.21. The molecule has 0 aliphatic carbocycles. The zero-order valence-electron chi connectivity index (χ0n) is 13.5. The number of carbonyl (C=O) groups is 1. The van der Waals surface area contributed by atoms with Crippen molar-refractivity contribution in [3.8, 4) is 11.3 Å². The number of likely N-dealkylation sites (tertiary alicyclic amines) is 1. The SMILES string of the molecule is Cc1ccc(-c2csc(=S)n2CC(=O)N2CCCCCC2)cc1. The number of hydrogen-bond acceptors (Lipinski definition) is 3. The second-order valence-corrected chi connectivity index (χ2v) is 7.64. The lowest BCUT2D eigenvalue weighted by Crippen LogP contribution is -2.34. The molecule has 0 bridgehead atoms. The van der Waals surface area contributed by atoms with Gasteiger partial charge < -0.3 is 9.47 Å². The lowest BCUT2D eigenvalue weighted by molar-refractivity contribution is -0.131. The van der Waals surface area contributed by atoms with Gasteiger partial charge in [-0.3, -0.25) is 4.79 Å². The third-order valence-corrected chi connectivity index (χ3v) is 5.65. The van der Waals surface area contributed by atoms with Gasteiger partial charge in [-0.25, -0.2) is 0 Å². The summed E-state index contributed by atoms with van der Waals surface area (Å²) in [6.07, 6.45) is 4.70. The smallest absolute Gasteiger partial charge is 0.242 e. The van der Waals surface area contributed by atoms with E-state index < -0.39 is 0 Å². The van der Waals surface area contributed by atoms with Crippen molar-refractivity contribution in [2.24, 2.45) is 0 Å². The van der Waals surface area contributed by atoms with Crippen LogP contribution < -0.4 is 0 Å². The van der Waals surface area contributed by atoms with Gasteiger partial charge in [0, 0.05) is 18.5 Å². The van der Waals surface area contributed by atoms with Crippen molar-refractivity contribution in [2.75, 3.05) is 13.1 Å². The third-order valence-electron chi connectivity index (χ3n) is 4.38. The molecule has 0 atom stereocenters. The van der Waals surface area contributed by atoms with E-state index in [1.54, 1.807) is 0 Å². The normalized spacial score (nSPS) is 15.4. The van der Waals surface area contributed by atoms with Gasteiger partial charge >= 0.3 is 0 Å². The van der Waals surface area contributed by atoms with Crippen LogP contribution in [0.1, 0.15) is 31.2 Å². The van der Waals surface area contributed by atoms with Gasteiger partial charge in [0.2, 0.25) is 5.91 Å². The van der Waals surface area contributed by atoms with E-state index in [4.69, 9.17) is 12.2 Å². The molecular formula is C18H22N2OS2. The average Bonchev–Trinajstić information content (AvgIpc) is 2.78. The molecule has 5 heteroatoms. The van der Waals surface area contributed by atoms with Crippen molar-refractivity contribution >= 4 is 29.5 Å². The number of aryl methyl sites for hydroxylation is 1. The molecule has 1 aromatic carbocycles. The van der Waals surface area contributed by atoms with E-state index in [1.165, 1.54) is 29.7 Å². The maximum atomic E-state index is 12.7. The number of carbonyl (C=O) groups excluding carboxylic acids is 1. The number of nitrogens with zero attached hydrogens (tertiary/aromatic N) is 2. The monoisotopic (exact) mass is 346 g/mol. The van der Waals surface area contributed by atoms with Crippen molar-refractivity contribution in [2.45, 2.75) is 39.2 Å². The third kappa shape index (κ3) is 3.90.